The number of likely N-dealkylation sites (tertiary alicyclic amines) is 2. The van der Waals surface area contributed by atoms with Crippen molar-refractivity contribution in [2.24, 2.45) is 23.7 Å². The molecule has 6 heterocycles. The smallest absolute Gasteiger partial charge is 0.258 e. The third-order valence-electron chi connectivity index (χ3n) is 15.4. The number of allylic oxidation sites excluding steroid dienone is 2. The van der Waals surface area contributed by atoms with Gasteiger partial charge in [-0.25, -0.2) is 0 Å². The van der Waals surface area contributed by atoms with E-state index in [1.165, 1.54) is 22.3 Å². The molecule has 6 aliphatic rings. The van der Waals surface area contributed by atoms with E-state index in [-0.39, 0.29) is 96.1 Å². The van der Waals surface area contributed by atoms with Crippen LogP contribution in [-0.2, 0) is 48.4 Å². The normalized spacial score (nSPS) is 26.5. The first-order valence-corrected chi connectivity index (χ1v) is 24.3. The molecule has 2 aromatic heterocycles. The maximum atomic E-state index is 13.6. The lowest BCUT2D eigenvalue weighted by Gasteiger charge is -2.31. The van der Waals surface area contributed by atoms with Crippen LogP contribution in [0.4, 0.5) is 0 Å². The second kappa shape index (κ2) is 19.4. The Hall–Kier alpha value is -5.40. The van der Waals surface area contributed by atoms with Gasteiger partial charge >= 0.3 is 0 Å². The number of aliphatic hydroxyl groups excluding tert-OH is 2. The molecule has 8 atom stereocenters. The summed E-state index contributed by atoms with van der Waals surface area (Å²) in [6.07, 6.45) is 12.6. The Bertz CT molecular complexity index is 2400. The Labute approximate surface area is 388 Å². The summed E-state index contributed by atoms with van der Waals surface area (Å²) in [5.74, 6) is -0.286. The van der Waals surface area contributed by atoms with Crippen LogP contribution in [0.1, 0.15) is 97.4 Å². The van der Waals surface area contributed by atoms with E-state index in [2.05, 4.69) is 58.5 Å². The average molecular weight is 895 g/mol. The predicted octanol–water partition coefficient (Wildman–Crippen LogP) is 5.08. The topological polar surface area (TPSA) is 149 Å². The third-order valence-corrected chi connectivity index (χ3v) is 15.4. The zero-order valence-corrected chi connectivity index (χ0v) is 38.8. The number of nitrogens with zero attached hydrogens (tertiary/aromatic N) is 4. The third kappa shape index (κ3) is 8.13. The van der Waals surface area contributed by atoms with Crippen molar-refractivity contribution < 1.29 is 19.8 Å². The maximum Gasteiger partial charge on any atom is 0.258 e. The highest BCUT2D eigenvalue weighted by Gasteiger charge is 2.57. The van der Waals surface area contributed by atoms with Gasteiger partial charge in [-0.2, -0.15) is 0 Å². The summed E-state index contributed by atoms with van der Waals surface area (Å²) in [5.41, 5.74) is 8.54. The Morgan fingerprint density at radius 3 is 1.27 bits per heavy atom. The molecule has 2 saturated heterocycles. The molecule has 0 saturated carbocycles. The molecule has 2 aliphatic carbocycles. The number of carbonyl (C=O) groups is 2. The van der Waals surface area contributed by atoms with Gasteiger partial charge in [-0.3, -0.25) is 29.0 Å². The zero-order chi connectivity index (χ0) is 46.2. The SMILES string of the molecule is C/C=C/c1ccc2n(c1=O)C[C@@H]1[C@@H](CO)[C@H](C(=O)NC3Cc4ccccc4C3)N(CCC)[C@H]21.C/C=C\c1ccc2n(c1=O)C[C@@H]1[C@@H](CO)[C@H](C(=O)NC3Cc4ccccc4C3)N(CCC)[C@H]21. The van der Waals surface area contributed by atoms with Crippen LogP contribution in [0, 0.1) is 23.7 Å². The van der Waals surface area contributed by atoms with Crippen LogP contribution in [0.3, 0.4) is 0 Å². The largest absolute Gasteiger partial charge is 0.396 e. The van der Waals surface area contributed by atoms with Crippen molar-refractivity contribution in [1.82, 2.24) is 29.6 Å². The number of hydrogen-bond acceptors (Lipinski definition) is 8. The van der Waals surface area contributed by atoms with E-state index in [4.69, 9.17) is 0 Å². The summed E-state index contributed by atoms with van der Waals surface area (Å²) in [7, 11) is 0. The van der Waals surface area contributed by atoms with Crippen LogP contribution in [0.15, 0.2) is 94.5 Å². The molecule has 4 aromatic rings. The van der Waals surface area contributed by atoms with Gasteiger partial charge in [0.05, 0.1) is 24.2 Å². The van der Waals surface area contributed by atoms with Gasteiger partial charge in [0, 0.05) is 84.6 Å². The van der Waals surface area contributed by atoms with E-state index in [0.29, 0.717) is 24.2 Å². The molecule has 2 fully saturated rings. The minimum atomic E-state index is -0.382. The molecule has 0 spiro atoms. The Balaban J connectivity index is 0.000000166. The summed E-state index contributed by atoms with van der Waals surface area (Å²) in [6, 6.07) is 24.0. The highest BCUT2D eigenvalue weighted by Crippen LogP contribution is 2.50. The number of fused-ring (bicyclic) bond motifs is 8. The summed E-state index contributed by atoms with van der Waals surface area (Å²) in [5, 5.41) is 27.4. The molecule has 10 rings (SSSR count). The van der Waals surface area contributed by atoms with Crippen LogP contribution in [0.25, 0.3) is 12.2 Å². The molecule has 2 amide bonds. The molecule has 0 bridgehead atoms. The summed E-state index contributed by atoms with van der Waals surface area (Å²) < 4.78 is 3.72. The lowest BCUT2D eigenvalue weighted by molar-refractivity contribution is -0.129. The fraction of sp³-hybridized carbons (Fsp3) is 0.481. The molecule has 4 aliphatic heterocycles. The number of hydrogen-bond donors (Lipinski definition) is 4. The Morgan fingerprint density at radius 1 is 0.591 bits per heavy atom. The summed E-state index contributed by atoms with van der Waals surface area (Å²) in [6.45, 7) is 10.5. The van der Waals surface area contributed by atoms with Gasteiger partial charge in [0.2, 0.25) is 11.8 Å². The number of pyridine rings is 2. The highest BCUT2D eigenvalue weighted by molar-refractivity contribution is 5.84. The number of carbonyl (C=O) groups excluding carboxylic acids is 2. The number of rotatable bonds is 12. The molecule has 12 nitrogen and oxygen atoms in total. The van der Waals surface area contributed by atoms with Gasteiger partial charge < -0.3 is 30.0 Å². The van der Waals surface area contributed by atoms with Gasteiger partial charge in [0.15, 0.2) is 0 Å². The van der Waals surface area contributed by atoms with E-state index in [1.807, 2.05) is 95.8 Å². The number of amides is 2. The molecule has 4 N–H and O–H groups in total. The second-order valence-corrected chi connectivity index (χ2v) is 19.3. The molecule has 12 heteroatoms. The molecule has 0 radical (unpaired) electrons. The molecule has 2 aromatic carbocycles. The monoisotopic (exact) mass is 895 g/mol. The quantitative estimate of drug-likeness (QED) is 0.154. The second-order valence-electron chi connectivity index (χ2n) is 19.3. The Morgan fingerprint density at radius 2 is 0.955 bits per heavy atom. The van der Waals surface area contributed by atoms with Crippen LogP contribution in [0.2, 0.25) is 0 Å². The first kappa shape index (κ1) is 45.7. The average Bonchev–Trinajstić information content (AvgIpc) is 4.16. The Kier molecular flexibility index (Phi) is 13.5. The van der Waals surface area contributed by atoms with Crippen LogP contribution in [0.5, 0.6) is 0 Å². The molecule has 348 valence electrons. The van der Waals surface area contributed by atoms with Crippen molar-refractivity contribution in [3.8, 4) is 0 Å². The van der Waals surface area contributed by atoms with E-state index in [9.17, 15) is 29.4 Å². The van der Waals surface area contributed by atoms with E-state index in [1.54, 1.807) is 0 Å². The van der Waals surface area contributed by atoms with Gasteiger partial charge in [-0.15, -0.1) is 0 Å². The highest BCUT2D eigenvalue weighted by atomic mass is 16.3. The molecular formula is C54H66N6O6. The fourth-order valence-electron chi connectivity index (χ4n) is 12.8. The fourth-order valence-corrected chi connectivity index (χ4v) is 12.8. The number of aliphatic hydroxyl groups is 2. The van der Waals surface area contributed by atoms with E-state index >= 15 is 0 Å². The van der Waals surface area contributed by atoms with Crippen molar-refractivity contribution in [2.45, 2.75) is 116 Å². The van der Waals surface area contributed by atoms with Gasteiger partial charge in [-0.05, 0) is 112 Å². The standard InChI is InChI=1S/2C27H33N3O3/c2*1-3-7-17-10-11-23-24-21(15-30(23)27(17)33)22(16-31)25(29(24)12-4-2)26(32)28-20-13-18-8-5-6-9-19(18)14-20/h2*3,5-11,20-22,24-25,31H,4,12-16H2,1-2H3,(H,28,32)/b7-3+;7-3-/t2*21-,22-,24+,25-/m11/s1. The van der Waals surface area contributed by atoms with Crippen LogP contribution >= 0.6 is 0 Å². The lowest BCUT2D eigenvalue weighted by atomic mass is 9.88. The van der Waals surface area contributed by atoms with Gasteiger partial charge in [0.25, 0.3) is 11.1 Å². The van der Waals surface area contributed by atoms with Gasteiger partial charge in [-0.1, -0.05) is 86.7 Å². The maximum absolute atomic E-state index is 13.6. The zero-order valence-electron chi connectivity index (χ0n) is 38.8. The minimum Gasteiger partial charge on any atom is -0.396 e. The van der Waals surface area contributed by atoms with Gasteiger partial charge in [0.1, 0.15) is 0 Å². The van der Waals surface area contributed by atoms with Crippen molar-refractivity contribution in [1.29, 1.82) is 0 Å². The van der Waals surface area contributed by atoms with Crippen LogP contribution in [-0.4, -0.2) is 91.4 Å². The number of benzene rings is 2. The summed E-state index contributed by atoms with van der Waals surface area (Å²) >= 11 is 0. The van der Waals surface area contributed by atoms with Crippen LogP contribution < -0.4 is 21.8 Å². The van der Waals surface area contributed by atoms with Crippen molar-refractivity contribution >= 4 is 24.0 Å². The predicted molar refractivity (Wildman–Crippen MR) is 258 cm³/mol. The lowest BCUT2D eigenvalue weighted by Crippen LogP contribution is -2.51. The summed E-state index contributed by atoms with van der Waals surface area (Å²) in [4.78, 5) is 57.8. The van der Waals surface area contributed by atoms with E-state index < -0.39 is 0 Å². The van der Waals surface area contributed by atoms with Crippen molar-refractivity contribution in [3.05, 3.63) is 150 Å². The first-order valence-electron chi connectivity index (χ1n) is 24.3. The first-order chi connectivity index (χ1) is 32.1. The number of aromatic nitrogens is 2. The molecular weight excluding hydrogens is 829 g/mol. The van der Waals surface area contributed by atoms with Crippen molar-refractivity contribution in [2.75, 3.05) is 26.3 Å². The molecule has 66 heavy (non-hydrogen) atoms. The minimum absolute atomic E-state index is 0.00846. The molecule has 0 unspecified atom stereocenters. The van der Waals surface area contributed by atoms with E-state index in [0.717, 1.165) is 63.0 Å². The number of nitrogens with one attached hydrogen (secondary N) is 2. The van der Waals surface area contributed by atoms with Crippen molar-refractivity contribution in [3.63, 3.8) is 0 Å².